The van der Waals surface area contributed by atoms with Crippen molar-refractivity contribution in [2.24, 2.45) is 0 Å². The van der Waals surface area contributed by atoms with Crippen LogP contribution in [0, 0.1) is 13.8 Å². The van der Waals surface area contributed by atoms with Crippen molar-refractivity contribution in [1.29, 1.82) is 0 Å². The Bertz CT molecular complexity index is 1010. The molecule has 0 radical (unpaired) electrons. The first-order valence-corrected chi connectivity index (χ1v) is 9.85. The SMILES string of the molecule is COc1cc(Cl)c(C)cc1NC(=O)[C@H](C)Sc1nnc(-c2cccc(C)c2)o1. The summed E-state index contributed by atoms with van der Waals surface area (Å²) in [4.78, 5) is 12.6. The van der Waals surface area contributed by atoms with Crippen LogP contribution in [0.25, 0.3) is 11.5 Å². The van der Waals surface area contributed by atoms with Crippen molar-refractivity contribution in [2.45, 2.75) is 31.2 Å². The Kier molecular flexibility index (Phi) is 6.26. The summed E-state index contributed by atoms with van der Waals surface area (Å²) in [5, 5.41) is 11.4. The Labute approximate surface area is 172 Å². The van der Waals surface area contributed by atoms with E-state index in [0.29, 0.717) is 27.6 Å². The average molecular weight is 418 g/mol. The number of carbonyl (C=O) groups is 1. The Balaban J connectivity index is 1.69. The molecule has 1 N–H and O–H groups in total. The summed E-state index contributed by atoms with van der Waals surface area (Å²) in [5.74, 6) is 0.717. The van der Waals surface area contributed by atoms with Crippen LogP contribution in [0.1, 0.15) is 18.1 Å². The van der Waals surface area contributed by atoms with Gasteiger partial charge in [-0.25, -0.2) is 0 Å². The fourth-order valence-corrected chi connectivity index (χ4v) is 3.36. The minimum absolute atomic E-state index is 0.208. The van der Waals surface area contributed by atoms with Crippen LogP contribution in [0.4, 0.5) is 5.69 Å². The number of aryl methyl sites for hydroxylation is 2. The van der Waals surface area contributed by atoms with Gasteiger partial charge in [-0.15, -0.1) is 10.2 Å². The fraction of sp³-hybridized carbons (Fsp3) is 0.250. The van der Waals surface area contributed by atoms with Gasteiger partial charge in [0.25, 0.3) is 5.22 Å². The molecule has 146 valence electrons. The van der Waals surface area contributed by atoms with E-state index in [4.69, 9.17) is 20.8 Å². The third kappa shape index (κ3) is 4.66. The highest BCUT2D eigenvalue weighted by molar-refractivity contribution is 8.00. The predicted molar refractivity (Wildman–Crippen MR) is 111 cm³/mol. The predicted octanol–water partition coefficient (Wildman–Crippen LogP) is 5.13. The molecule has 1 aromatic heterocycles. The summed E-state index contributed by atoms with van der Waals surface area (Å²) < 4.78 is 11.0. The number of halogens is 1. The van der Waals surface area contributed by atoms with Gasteiger partial charge in [0.1, 0.15) is 5.75 Å². The van der Waals surface area contributed by atoms with E-state index < -0.39 is 5.25 Å². The zero-order chi connectivity index (χ0) is 20.3. The second-order valence-corrected chi connectivity index (χ2v) is 7.99. The zero-order valence-electron chi connectivity index (χ0n) is 15.9. The first kappa shape index (κ1) is 20.2. The molecule has 0 saturated carbocycles. The highest BCUT2D eigenvalue weighted by atomic mass is 35.5. The molecule has 2 aromatic carbocycles. The quantitative estimate of drug-likeness (QED) is 0.560. The van der Waals surface area contributed by atoms with Crippen LogP contribution in [-0.4, -0.2) is 28.5 Å². The first-order chi connectivity index (χ1) is 13.4. The number of anilines is 1. The molecule has 0 saturated heterocycles. The van der Waals surface area contributed by atoms with E-state index in [1.54, 1.807) is 19.1 Å². The molecule has 3 rings (SSSR count). The number of benzene rings is 2. The number of thioether (sulfide) groups is 1. The normalized spacial score (nSPS) is 11.9. The summed E-state index contributed by atoms with van der Waals surface area (Å²) in [7, 11) is 1.53. The molecule has 0 fully saturated rings. The molecule has 1 atom stereocenters. The molecular formula is C20H20ClN3O3S. The fourth-order valence-electron chi connectivity index (χ4n) is 2.52. The van der Waals surface area contributed by atoms with Gasteiger partial charge in [0.2, 0.25) is 11.8 Å². The monoisotopic (exact) mass is 417 g/mol. The van der Waals surface area contributed by atoms with E-state index >= 15 is 0 Å². The van der Waals surface area contributed by atoms with E-state index in [0.717, 1.165) is 16.7 Å². The number of carbonyl (C=O) groups excluding carboxylic acids is 1. The molecule has 3 aromatic rings. The summed E-state index contributed by atoms with van der Waals surface area (Å²) >= 11 is 7.30. The van der Waals surface area contributed by atoms with E-state index in [1.165, 1.54) is 18.9 Å². The van der Waals surface area contributed by atoms with Gasteiger partial charge in [-0.05, 0) is 44.5 Å². The summed E-state index contributed by atoms with van der Waals surface area (Å²) in [5.41, 5.74) is 3.35. The van der Waals surface area contributed by atoms with Crippen molar-refractivity contribution < 1.29 is 13.9 Å². The third-order valence-electron chi connectivity index (χ3n) is 4.06. The van der Waals surface area contributed by atoms with Crippen molar-refractivity contribution in [1.82, 2.24) is 10.2 Å². The highest BCUT2D eigenvalue weighted by Gasteiger charge is 2.20. The lowest BCUT2D eigenvalue weighted by Gasteiger charge is -2.14. The summed E-state index contributed by atoms with van der Waals surface area (Å²) in [6, 6.07) is 11.2. The van der Waals surface area contributed by atoms with Gasteiger partial charge < -0.3 is 14.5 Å². The Morgan fingerprint density at radius 1 is 1.25 bits per heavy atom. The zero-order valence-corrected chi connectivity index (χ0v) is 17.5. The standard InChI is InChI=1S/C20H20ClN3O3S/c1-11-6-5-7-14(8-11)19-23-24-20(27-19)28-13(3)18(25)22-16-9-12(2)15(21)10-17(16)26-4/h5-10,13H,1-4H3,(H,22,25)/t13-/m0/s1. The van der Waals surface area contributed by atoms with Crippen LogP contribution in [0.3, 0.4) is 0 Å². The van der Waals surface area contributed by atoms with Gasteiger partial charge in [0.15, 0.2) is 0 Å². The van der Waals surface area contributed by atoms with Crippen molar-refractivity contribution >= 4 is 35.0 Å². The molecular weight excluding hydrogens is 398 g/mol. The van der Waals surface area contributed by atoms with Gasteiger partial charge in [0.05, 0.1) is 18.0 Å². The number of methoxy groups -OCH3 is 1. The second-order valence-electron chi connectivity index (χ2n) is 6.29. The van der Waals surface area contributed by atoms with Crippen molar-refractivity contribution in [3.63, 3.8) is 0 Å². The molecule has 0 aliphatic rings. The van der Waals surface area contributed by atoms with Crippen LogP contribution < -0.4 is 10.1 Å². The molecule has 28 heavy (non-hydrogen) atoms. The molecule has 8 heteroatoms. The third-order valence-corrected chi connectivity index (χ3v) is 5.40. The lowest BCUT2D eigenvalue weighted by Crippen LogP contribution is -2.22. The Morgan fingerprint density at radius 3 is 2.75 bits per heavy atom. The van der Waals surface area contributed by atoms with E-state index in [9.17, 15) is 4.79 Å². The molecule has 0 unspecified atom stereocenters. The molecule has 0 spiro atoms. The number of aromatic nitrogens is 2. The Morgan fingerprint density at radius 2 is 2.04 bits per heavy atom. The first-order valence-electron chi connectivity index (χ1n) is 8.59. The van der Waals surface area contributed by atoms with Gasteiger partial charge in [-0.1, -0.05) is 41.1 Å². The number of rotatable bonds is 6. The maximum Gasteiger partial charge on any atom is 0.277 e. The summed E-state index contributed by atoms with van der Waals surface area (Å²) in [6.07, 6.45) is 0. The second kappa shape index (κ2) is 8.67. The maximum atomic E-state index is 12.6. The van der Waals surface area contributed by atoms with Crippen LogP contribution in [0.15, 0.2) is 46.0 Å². The number of nitrogens with zero attached hydrogens (tertiary/aromatic N) is 2. The van der Waals surface area contributed by atoms with Crippen molar-refractivity contribution in [2.75, 3.05) is 12.4 Å². The Hall–Kier alpha value is -2.51. The van der Waals surface area contributed by atoms with E-state index in [-0.39, 0.29) is 5.91 Å². The van der Waals surface area contributed by atoms with Gasteiger partial charge >= 0.3 is 0 Å². The van der Waals surface area contributed by atoms with Crippen LogP contribution in [0.2, 0.25) is 5.02 Å². The van der Waals surface area contributed by atoms with Crippen LogP contribution in [0.5, 0.6) is 5.75 Å². The smallest absolute Gasteiger partial charge is 0.277 e. The van der Waals surface area contributed by atoms with E-state index in [2.05, 4.69) is 15.5 Å². The number of amides is 1. The average Bonchev–Trinajstić information content (AvgIpc) is 3.13. The number of hydrogen-bond acceptors (Lipinski definition) is 6. The van der Waals surface area contributed by atoms with Gasteiger partial charge in [-0.2, -0.15) is 0 Å². The lowest BCUT2D eigenvalue weighted by atomic mass is 10.1. The van der Waals surface area contributed by atoms with Crippen molar-refractivity contribution in [3.05, 3.63) is 52.5 Å². The number of nitrogens with one attached hydrogen (secondary N) is 1. The van der Waals surface area contributed by atoms with Crippen LogP contribution in [-0.2, 0) is 4.79 Å². The van der Waals surface area contributed by atoms with Crippen LogP contribution >= 0.6 is 23.4 Å². The largest absolute Gasteiger partial charge is 0.495 e. The van der Waals surface area contributed by atoms with Crippen molar-refractivity contribution in [3.8, 4) is 17.2 Å². The summed E-state index contributed by atoms with van der Waals surface area (Å²) in [6.45, 7) is 5.63. The molecule has 1 amide bonds. The lowest BCUT2D eigenvalue weighted by molar-refractivity contribution is -0.115. The molecule has 1 heterocycles. The minimum Gasteiger partial charge on any atom is -0.495 e. The topological polar surface area (TPSA) is 77.2 Å². The maximum absolute atomic E-state index is 12.6. The number of hydrogen-bond donors (Lipinski definition) is 1. The molecule has 0 bridgehead atoms. The molecule has 6 nitrogen and oxygen atoms in total. The number of ether oxygens (including phenoxy) is 1. The van der Waals surface area contributed by atoms with Gasteiger partial charge in [0, 0.05) is 16.7 Å². The minimum atomic E-state index is -0.452. The molecule has 0 aliphatic carbocycles. The van der Waals surface area contributed by atoms with E-state index in [1.807, 2.05) is 38.1 Å². The highest BCUT2D eigenvalue weighted by Crippen LogP contribution is 2.32. The van der Waals surface area contributed by atoms with Gasteiger partial charge in [-0.3, -0.25) is 4.79 Å². The molecule has 0 aliphatic heterocycles.